The van der Waals surface area contributed by atoms with Crippen molar-refractivity contribution in [3.8, 4) is 11.8 Å². The van der Waals surface area contributed by atoms with E-state index in [0.29, 0.717) is 11.2 Å². The highest BCUT2D eigenvalue weighted by atomic mass is 16.7. The van der Waals surface area contributed by atoms with Crippen molar-refractivity contribution >= 4 is 12.1 Å². The zero-order valence-corrected chi connectivity index (χ0v) is 12.2. The average molecular weight is 300 g/mol. The van der Waals surface area contributed by atoms with Crippen LogP contribution in [0.15, 0.2) is 12.1 Å². The Morgan fingerprint density at radius 1 is 1.33 bits per heavy atom. The van der Waals surface area contributed by atoms with Crippen LogP contribution < -0.4 is 10.2 Å². The molecule has 1 aromatic rings. The highest BCUT2D eigenvalue weighted by Gasteiger charge is 2.24. The van der Waals surface area contributed by atoms with E-state index in [1.165, 1.54) is 19.2 Å². The number of amides is 1. The van der Waals surface area contributed by atoms with E-state index in [0.717, 1.165) is 0 Å². The van der Waals surface area contributed by atoms with Crippen LogP contribution in [-0.4, -0.2) is 40.2 Å². The van der Waals surface area contributed by atoms with Gasteiger partial charge in [-0.1, -0.05) is 13.8 Å². The van der Waals surface area contributed by atoms with E-state index in [4.69, 9.17) is 9.57 Å². The molecule has 8 heteroatoms. The molecule has 1 heterocycles. The summed E-state index contributed by atoms with van der Waals surface area (Å²) in [6, 6.07) is 2.38. The highest BCUT2D eigenvalue weighted by Crippen LogP contribution is 2.20. The maximum Gasteiger partial charge on any atom is 0.407 e. The molecule has 0 saturated heterocycles. The van der Waals surface area contributed by atoms with Crippen molar-refractivity contribution in [2.75, 3.05) is 7.05 Å². The van der Waals surface area contributed by atoms with E-state index in [2.05, 4.69) is 5.32 Å². The SMILES string of the molecule is CCC(OC(=O)NC)C(C)CC(=O)On1c(O)ccc1O. The van der Waals surface area contributed by atoms with Gasteiger partial charge in [-0.2, -0.15) is 0 Å². The fourth-order valence-corrected chi connectivity index (χ4v) is 1.83. The average Bonchev–Trinajstić information content (AvgIpc) is 2.75. The van der Waals surface area contributed by atoms with Crippen LogP contribution >= 0.6 is 0 Å². The Morgan fingerprint density at radius 3 is 2.38 bits per heavy atom. The summed E-state index contributed by atoms with van der Waals surface area (Å²) >= 11 is 0. The van der Waals surface area contributed by atoms with Crippen molar-refractivity contribution in [3.63, 3.8) is 0 Å². The van der Waals surface area contributed by atoms with E-state index in [-0.39, 0.29) is 24.1 Å². The Balaban J connectivity index is 2.58. The molecule has 21 heavy (non-hydrogen) atoms. The lowest BCUT2D eigenvalue weighted by molar-refractivity contribution is -0.147. The first kappa shape index (κ1) is 16.7. The summed E-state index contributed by atoms with van der Waals surface area (Å²) in [5, 5.41) is 21.1. The first-order valence-corrected chi connectivity index (χ1v) is 6.58. The van der Waals surface area contributed by atoms with Gasteiger partial charge in [-0.05, 0) is 6.42 Å². The maximum absolute atomic E-state index is 11.8. The van der Waals surface area contributed by atoms with E-state index >= 15 is 0 Å². The minimum absolute atomic E-state index is 0.0352. The minimum atomic E-state index is -0.664. The number of carbonyl (C=O) groups is 2. The van der Waals surface area contributed by atoms with Crippen LogP contribution in [0.5, 0.6) is 11.8 Å². The molecular formula is C13H20N2O6. The van der Waals surface area contributed by atoms with E-state index < -0.39 is 18.2 Å². The number of rotatable bonds is 6. The molecule has 0 saturated carbocycles. The van der Waals surface area contributed by atoms with Crippen molar-refractivity contribution in [3.05, 3.63) is 12.1 Å². The number of hydrogen-bond acceptors (Lipinski definition) is 6. The van der Waals surface area contributed by atoms with Crippen molar-refractivity contribution < 1.29 is 29.4 Å². The van der Waals surface area contributed by atoms with Gasteiger partial charge in [-0.3, -0.25) is 0 Å². The molecule has 0 aliphatic rings. The molecule has 0 aromatic carbocycles. The molecule has 8 nitrogen and oxygen atoms in total. The molecule has 1 rings (SSSR count). The molecule has 0 radical (unpaired) electrons. The van der Waals surface area contributed by atoms with Crippen LogP contribution in [0.1, 0.15) is 26.7 Å². The van der Waals surface area contributed by atoms with Crippen molar-refractivity contribution in [2.24, 2.45) is 5.92 Å². The van der Waals surface area contributed by atoms with Crippen molar-refractivity contribution in [1.29, 1.82) is 0 Å². The summed E-state index contributed by atoms with van der Waals surface area (Å²) in [6.45, 7) is 3.58. The standard InChI is InChI=1S/C13H20N2O6/c1-4-9(20-13(19)14-3)8(2)7-12(18)21-15-10(16)5-6-11(15)17/h5-6,8-9,16-17H,4,7H2,1-3H3,(H,14,19). The zero-order valence-electron chi connectivity index (χ0n) is 12.2. The fraction of sp³-hybridized carbons (Fsp3) is 0.538. The van der Waals surface area contributed by atoms with E-state index in [9.17, 15) is 19.8 Å². The van der Waals surface area contributed by atoms with Crippen molar-refractivity contribution in [1.82, 2.24) is 10.0 Å². The largest absolute Gasteiger partial charge is 0.492 e. The minimum Gasteiger partial charge on any atom is -0.492 e. The third kappa shape index (κ3) is 4.59. The number of aromatic nitrogens is 1. The highest BCUT2D eigenvalue weighted by molar-refractivity contribution is 5.70. The summed E-state index contributed by atoms with van der Waals surface area (Å²) in [5.74, 6) is -1.72. The molecule has 0 aliphatic heterocycles. The first-order chi connectivity index (χ1) is 9.88. The normalized spacial score (nSPS) is 13.3. The smallest absolute Gasteiger partial charge is 0.407 e. The number of hydrogen-bond donors (Lipinski definition) is 3. The predicted molar refractivity (Wildman–Crippen MR) is 72.7 cm³/mol. The van der Waals surface area contributed by atoms with Gasteiger partial charge in [0.1, 0.15) is 6.10 Å². The third-order valence-corrected chi connectivity index (χ3v) is 2.98. The number of nitrogens with zero attached hydrogens (tertiary/aromatic N) is 1. The van der Waals surface area contributed by atoms with Crippen LogP contribution in [0.3, 0.4) is 0 Å². The van der Waals surface area contributed by atoms with Gasteiger partial charge in [0.15, 0.2) is 0 Å². The van der Waals surface area contributed by atoms with Gasteiger partial charge < -0.3 is 25.1 Å². The molecule has 1 aromatic heterocycles. The Morgan fingerprint density at radius 2 is 1.90 bits per heavy atom. The lowest BCUT2D eigenvalue weighted by atomic mass is 9.99. The zero-order chi connectivity index (χ0) is 16.0. The summed E-state index contributed by atoms with van der Waals surface area (Å²) in [5.41, 5.74) is 0. The van der Waals surface area contributed by atoms with Gasteiger partial charge in [-0.15, -0.1) is 4.73 Å². The number of carbonyl (C=O) groups excluding carboxylic acids is 2. The van der Waals surface area contributed by atoms with Gasteiger partial charge in [0.05, 0.1) is 6.42 Å². The molecule has 0 aliphatic carbocycles. The second-order valence-corrected chi connectivity index (χ2v) is 4.59. The van der Waals surface area contributed by atoms with Gasteiger partial charge >= 0.3 is 12.1 Å². The van der Waals surface area contributed by atoms with Crippen LogP contribution in [0, 0.1) is 5.92 Å². The molecule has 0 fully saturated rings. The summed E-state index contributed by atoms with van der Waals surface area (Å²) < 4.78 is 5.75. The Hall–Kier alpha value is -2.38. The second kappa shape index (κ2) is 7.41. The Labute approximate surface area is 122 Å². The van der Waals surface area contributed by atoms with Crippen LogP contribution in [0.4, 0.5) is 4.79 Å². The monoisotopic (exact) mass is 300 g/mol. The third-order valence-electron chi connectivity index (χ3n) is 2.98. The molecule has 3 N–H and O–H groups in total. The van der Waals surface area contributed by atoms with Gasteiger partial charge in [0.2, 0.25) is 11.8 Å². The quantitative estimate of drug-likeness (QED) is 0.723. The lowest BCUT2D eigenvalue weighted by Gasteiger charge is -2.22. The van der Waals surface area contributed by atoms with Crippen molar-refractivity contribution in [2.45, 2.75) is 32.8 Å². The number of nitrogens with one attached hydrogen (secondary N) is 1. The summed E-state index contributed by atoms with van der Waals surface area (Å²) in [4.78, 5) is 27.8. The molecule has 118 valence electrons. The van der Waals surface area contributed by atoms with Gasteiger partial charge in [0, 0.05) is 25.1 Å². The van der Waals surface area contributed by atoms with Crippen LogP contribution in [0.2, 0.25) is 0 Å². The maximum atomic E-state index is 11.8. The summed E-state index contributed by atoms with van der Waals surface area (Å²) in [6.07, 6.45) is -0.499. The molecular weight excluding hydrogens is 280 g/mol. The van der Waals surface area contributed by atoms with E-state index in [1.807, 2.05) is 6.92 Å². The second-order valence-electron chi connectivity index (χ2n) is 4.59. The van der Waals surface area contributed by atoms with Crippen LogP contribution in [-0.2, 0) is 9.53 Å². The lowest BCUT2D eigenvalue weighted by Crippen LogP contribution is -2.32. The molecule has 0 spiro atoms. The van der Waals surface area contributed by atoms with Crippen LogP contribution in [0.25, 0.3) is 0 Å². The fourth-order valence-electron chi connectivity index (χ4n) is 1.83. The summed E-state index contributed by atoms with van der Waals surface area (Å²) in [7, 11) is 1.45. The number of ether oxygens (including phenoxy) is 1. The molecule has 1 amide bonds. The van der Waals surface area contributed by atoms with E-state index in [1.54, 1.807) is 6.92 Å². The molecule has 2 unspecified atom stereocenters. The first-order valence-electron chi connectivity index (χ1n) is 6.58. The number of aromatic hydroxyl groups is 2. The predicted octanol–water partition coefficient (Wildman–Crippen LogP) is 1.02. The number of alkyl carbamates (subject to hydrolysis) is 1. The molecule has 2 atom stereocenters. The Kier molecular flexibility index (Phi) is 5.89. The topological polar surface area (TPSA) is 110 Å². The Bertz CT molecular complexity index is 479. The molecule has 0 bridgehead atoms. The van der Waals surface area contributed by atoms with Gasteiger partial charge in [0.25, 0.3) is 0 Å². The van der Waals surface area contributed by atoms with Gasteiger partial charge in [-0.25, -0.2) is 9.59 Å².